The van der Waals surface area contributed by atoms with Gasteiger partial charge in [-0.3, -0.25) is 0 Å². The maximum atomic E-state index is 14.0. The van der Waals surface area contributed by atoms with E-state index in [1.807, 2.05) is 30.4 Å². The standard InChI is InChI=1S/C21H19F3N2/c22-17-4-2-1-3-16(17)15-6-7-18-19(13-15)26-20(25-18)8-5-14-9-11-21(23,24)12-10-14/h1-8,13-14H,9-12H2,(H,25,26). The third kappa shape index (κ3) is 3.52. The molecule has 4 rings (SSSR count). The Kier molecular flexibility index (Phi) is 4.31. The number of imidazole rings is 1. The van der Waals surface area contributed by atoms with Crippen LogP contribution in [0.2, 0.25) is 0 Å². The number of rotatable bonds is 3. The van der Waals surface area contributed by atoms with Gasteiger partial charge in [-0.25, -0.2) is 18.2 Å². The van der Waals surface area contributed by atoms with Gasteiger partial charge in [0.25, 0.3) is 0 Å². The van der Waals surface area contributed by atoms with Crippen LogP contribution in [0.1, 0.15) is 31.5 Å². The number of nitrogens with zero attached hydrogens (tertiary/aromatic N) is 1. The Labute approximate surface area is 149 Å². The van der Waals surface area contributed by atoms with Crippen LogP contribution < -0.4 is 0 Å². The molecular formula is C21H19F3N2. The number of nitrogens with one attached hydrogen (secondary N) is 1. The fourth-order valence-electron chi connectivity index (χ4n) is 3.45. The molecule has 2 nitrogen and oxygen atoms in total. The molecule has 0 radical (unpaired) electrons. The molecule has 1 heterocycles. The Morgan fingerprint density at radius 3 is 2.62 bits per heavy atom. The third-order valence-electron chi connectivity index (χ3n) is 4.97. The SMILES string of the molecule is Fc1ccccc1-c1ccc2[nH]c(C=CC3CCC(F)(F)CC3)nc2c1. The highest BCUT2D eigenvalue weighted by atomic mass is 19.3. The number of H-pyrrole nitrogens is 1. The van der Waals surface area contributed by atoms with Crippen LogP contribution in [0.5, 0.6) is 0 Å². The first-order valence-electron chi connectivity index (χ1n) is 8.81. The van der Waals surface area contributed by atoms with Crippen molar-refractivity contribution >= 4 is 17.1 Å². The number of halogens is 3. The average Bonchev–Trinajstić information content (AvgIpc) is 3.03. The molecule has 0 amide bonds. The van der Waals surface area contributed by atoms with Gasteiger partial charge in [-0.15, -0.1) is 0 Å². The molecule has 1 aromatic heterocycles. The second kappa shape index (κ2) is 6.63. The van der Waals surface area contributed by atoms with Crippen molar-refractivity contribution in [2.24, 2.45) is 5.92 Å². The van der Waals surface area contributed by atoms with E-state index < -0.39 is 5.92 Å². The first-order chi connectivity index (χ1) is 12.5. The molecule has 2 aromatic carbocycles. The molecule has 0 saturated heterocycles. The molecule has 5 heteroatoms. The van der Waals surface area contributed by atoms with Gasteiger partial charge < -0.3 is 4.98 Å². The summed E-state index contributed by atoms with van der Waals surface area (Å²) in [5, 5.41) is 0. The van der Waals surface area contributed by atoms with Gasteiger partial charge in [-0.1, -0.05) is 30.3 Å². The lowest BCUT2D eigenvalue weighted by Gasteiger charge is -2.26. The van der Waals surface area contributed by atoms with Crippen LogP contribution in [-0.4, -0.2) is 15.9 Å². The monoisotopic (exact) mass is 356 g/mol. The lowest BCUT2D eigenvalue weighted by molar-refractivity contribution is -0.0410. The summed E-state index contributed by atoms with van der Waals surface area (Å²) in [7, 11) is 0. The molecular weight excluding hydrogens is 337 g/mol. The molecule has 0 unspecified atom stereocenters. The largest absolute Gasteiger partial charge is 0.338 e. The zero-order chi connectivity index (χ0) is 18.1. The summed E-state index contributed by atoms with van der Waals surface area (Å²) in [6.45, 7) is 0. The summed E-state index contributed by atoms with van der Waals surface area (Å²) in [5.41, 5.74) is 2.92. The van der Waals surface area contributed by atoms with Gasteiger partial charge >= 0.3 is 0 Å². The number of fused-ring (bicyclic) bond motifs is 1. The van der Waals surface area contributed by atoms with E-state index in [1.54, 1.807) is 18.2 Å². The minimum absolute atomic E-state index is 0.0475. The molecule has 1 saturated carbocycles. The van der Waals surface area contributed by atoms with Gasteiger partial charge in [0.05, 0.1) is 11.0 Å². The van der Waals surface area contributed by atoms with Gasteiger partial charge in [0, 0.05) is 18.4 Å². The normalized spacial score (nSPS) is 18.0. The van der Waals surface area contributed by atoms with Crippen molar-refractivity contribution in [2.75, 3.05) is 0 Å². The van der Waals surface area contributed by atoms with Gasteiger partial charge in [-0.2, -0.15) is 0 Å². The van der Waals surface area contributed by atoms with Crippen molar-refractivity contribution in [3.63, 3.8) is 0 Å². The van der Waals surface area contributed by atoms with E-state index >= 15 is 0 Å². The summed E-state index contributed by atoms with van der Waals surface area (Å²) in [4.78, 5) is 7.73. The molecule has 0 aliphatic heterocycles. The number of hydrogen-bond donors (Lipinski definition) is 1. The zero-order valence-corrected chi connectivity index (χ0v) is 14.2. The van der Waals surface area contributed by atoms with Gasteiger partial charge in [0.15, 0.2) is 0 Å². The number of aromatic amines is 1. The minimum Gasteiger partial charge on any atom is -0.338 e. The van der Waals surface area contributed by atoms with E-state index in [0.29, 0.717) is 24.2 Å². The van der Waals surface area contributed by atoms with E-state index in [9.17, 15) is 13.2 Å². The molecule has 3 aromatic rings. The van der Waals surface area contributed by atoms with Gasteiger partial charge in [-0.05, 0) is 48.6 Å². The first kappa shape index (κ1) is 16.9. The highest BCUT2D eigenvalue weighted by molar-refractivity contribution is 5.83. The molecule has 0 bridgehead atoms. The summed E-state index contributed by atoms with van der Waals surface area (Å²) >= 11 is 0. The topological polar surface area (TPSA) is 28.7 Å². The number of benzene rings is 2. The lowest BCUT2D eigenvalue weighted by atomic mass is 9.86. The smallest absolute Gasteiger partial charge is 0.248 e. The second-order valence-corrected chi connectivity index (χ2v) is 6.89. The van der Waals surface area contributed by atoms with Crippen LogP contribution in [0.3, 0.4) is 0 Å². The fourth-order valence-corrected chi connectivity index (χ4v) is 3.45. The van der Waals surface area contributed by atoms with Gasteiger partial charge in [0.1, 0.15) is 11.6 Å². The molecule has 26 heavy (non-hydrogen) atoms. The van der Waals surface area contributed by atoms with Crippen LogP contribution in [0, 0.1) is 11.7 Å². The predicted molar refractivity (Wildman–Crippen MR) is 97.4 cm³/mol. The van der Waals surface area contributed by atoms with Crippen LogP contribution in [0.15, 0.2) is 48.5 Å². The summed E-state index contributed by atoms with van der Waals surface area (Å²) in [6, 6.07) is 12.2. The Morgan fingerprint density at radius 2 is 1.85 bits per heavy atom. The van der Waals surface area contributed by atoms with E-state index in [4.69, 9.17) is 0 Å². The van der Waals surface area contributed by atoms with Crippen molar-refractivity contribution < 1.29 is 13.2 Å². The maximum Gasteiger partial charge on any atom is 0.248 e. The van der Waals surface area contributed by atoms with Gasteiger partial charge in [0.2, 0.25) is 5.92 Å². The Hall–Kier alpha value is -2.56. The number of alkyl halides is 2. The van der Waals surface area contributed by atoms with E-state index in [1.165, 1.54) is 6.07 Å². The molecule has 1 aliphatic rings. The molecule has 1 aliphatic carbocycles. The second-order valence-electron chi connectivity index (χ2n) is 6.89. The number of aromatic nitrogens is 2. The van der Waals surface area contributed by atoms with E-state index in [0.717, 1.165) is 16.6 Å². The van der Waals surface area contributed by atoms with Crippen LogP contribution in [0.25, 0.3) is 28.2 Å². The van der Waals surface area contributed by atoms with Crippen molar-refractivity contribution in [3.05, 3.63) is 60.2 Å². The molecule has 0 atom stereocenters. The fraction of sp³-hybridized carbons (Fsp3) is 0.286. The van der Waals surface area contributed by atoms with Crippen LogP contribution >= 0.6 is 0 Å². The van der Waals surface area contributed by atoms with Crippen molar-refractivity contribution in [3.8, 4) is 11.1 Å². The maximum absolute atomic E-state index is 14.0. The third-order valence-corrected chi connectivity index (χ3v) is 4.97. The summed E-state index contributed by atoms with van der Waals surface area (Å²) in [5.74, 6) is -1.93. The Morgan fingerprint density at radius 1 is 1.08 bits per heavy atom. The van der Waals surface area contributed by atoms with E-state index in [2.05, 4.69) is 9.97 Å². The Bertz CT molecular complexity index is 949. The molecule has 0 spiro atoms. The zero-order valence-electron chi connectivity index (χ0n) is 14.2. The highest BCUT2D eigenvalue weighted by Crippen LogP contribution is 2.36. The van der Waals surface area contributed by atoms with Crippen molar-refractivity contribution in [2.45, 2.75) is 31.6 Å². The number of allylic oxidation sites excluding steroid dienone is 1. The number of hydrogen-bond acceptors (Lipinski definition) is 1. The average molecular weight is 356 g/mol. The van der Waals surface area contributed by atoms with Crippen LogP contribution in [-0.2, 0) is 0 Å². The quantitative estimate of drug-likeness (QED) is 0.594. The van der Waals surface area contributed by atoms with Crippen molar-refractivity contribution in [1.29, 1.82) is 0 Å². The Balaban J connectivity index is 1.55. The molecule has 134 valence electrons. The molecule has 1 fully saturated rings. The highest BCUT2D eigenvalue weighted by Gasteiger charge is 2.33. The predicted octanol–water partition coefficient (Wildman–Crippen LogP) is 6.21. The van der Waals surface area contributed by atoms with E-state index in [-0.39, 0.29) is 24.6 Å². The lowest BCUT2D eigenvalue weighted by Crippen LogP contribution is -2.23. The van der Waals surface area contributed by atoms with Crippen LogP contribution in [0.4, 0.5) is 13.2 Å². The molecule has 1 N–H and O–H groups in total. The first-order valence-corrected chi connectivity index (χ1v) is 8.81. The summed E-state index contributed by atoms with van der Waals surface area (Å²) in [6.07, 6.45) is 4.73. The van der Waals surface area contributed by atoms with Crippen molar-refractivity contribution in [1.82, 2.24) is 9.97 Å². The summed E-state index contributed by atoms with van der Waals surface area (Å²) < 4.78 is 40.4. The minimum atomic E-state index is -2.51.